The van der Waals surface area contributed by atoms with Gasteiger partial charge in [0.15, 0.2) is 0 Å². The SMILES string of the molecule is O=C(Nc1cc(Cl)c2cc[nH]c2c1)NC(CO)c1cccc(C(F)(F)F)c1. The highest BCUT2D eigenvalue weighted by Gasteiger charge is 2.31. The molecule has 1 atom stereocenters. The molecule has 0 aliphatic carbocycles. The van der Waals surface area contributed by atoms with Crippen molar-refractivity contribution in [2.45, 2.75) is 12.2 Å². The van der Waals surface area contributed by atoms with E-state index in [9.17, 15) is 23.1 Å². The number of hydrogen-bond donors (Lipinski definition) is 4. The molecule has 0 radical (unpaired) electrons. The number of benzene rings is 2. The van der Waals surface area contributed by atoms with Crippen LogP contribution in [0.1, 0.15) is 17.2 Å². The molecule has 5 nitrogen and oxygen atoms in total. The highest BCUT2D eigenvalue weighted by molar-refractivity contribution is 6.35. The second-order valence-corrected chi connectivity index (χ2v) is 6.26. The molecular formula is C18H15ClF3N3O2. The fourth-order valence-corrected chi connectivity index (χ4v) is 2.97. The number of anilines is 1. The first-order valence-corrected chi connectivity index (χ1v) is 8.28. The summed E-state index contributed by atoms with van der Waals surface area (Å²) in [5, 5.41) is 15.7. The molecule has 142 valence electrons. The number of H-pyrrole nitrogens is 1. The monoisotopic (exact) mass is 397 g/mol. The van der Waals surface area contributed by atoms with Gasteiger partial charge in [0.1, 0.15) is 0 Å². The molecule has 0 fully saturated rings. The average molecular weight is 398 g/mol. The number of carbonyl (C=O) groups excluding carboxylic acids is 1. The second-order valence-electron chi connectivity index (χ2n) is 5.85. The Bertz CT molecular complexity index is 972. The molecule has 2 aromatic carbocycles. The number of halogens is 4. The van der Waals surface area contributed by atoms with E-state index in [1.54, 1.807) is 24.4 Å². The summed E-state index contributed by atoms with van der Waals surface area (Å²) in [7, 11) is 0. The topological polar surface area (TPSA) is 77.2 Å². The van der Waals surface area contributed by atoms with E-state index < -0.39 is 30.4 Å². The zero-order chi connectivity index (χ0) is 19.6. The molecule has 2 amide bonds. The van der Waals surface area contributed by atoms with Crippen molar-refractivity contribution in [3.63, 3.8) is 0 Å². The lowest BCUT2D eigenvalue weighted by atomic mass is 10.0. The van der Waals surface area contributed by atoms with Gasteiger partial charge in [-0.15, -0.1) is 0 Å². The van der Waals surface area contributed by atoms with Crippen LogP contribution in [0.4, 0.5) is 23.7 Å². The summed E-state index contributed by atoms with van der Waals surface area (Å²) in [6.45, 7) is -0.564. The number of rotatable bonds is 4. The van der Waals surface area contributed by atoms with Crippen LogP contribution in [0, 0.1) is 0 Å². The first-order valence-electron chi connectivity index (χ1n) is 7.90. The molecule has 9 heteroatoms. The van der Waals surface area contributed by atoms with E-state index >= 15 is 0 Å². The summed E-state index contributed by atoms with van der Waals surface area (Å²) in [6.07, 6.45) is -2.81. The number of urea groups is 1. The van der Waals surface area contributed by atoms with Gasteiger partial charge < -0.3 is 20.7 Å². The lowest BCUT2D eigenvalue weighted by Crippen LogP contribution is -2.34. The van der Waals surface area contributed by atoms with Crippen LogP contribution in [0.15, 0.2) is 48.7 Å². The van der Waals surface area contributed by atoms with Crippen molar-refractivity contribution in [2.24, 2.45) is 0 Å². The Labute approximate surface area is 157 Å². The number of alkyl halides is 3. The van der Waals surface area contributed by atoms with Gasteiger partial charge in [0, 0.05) is 22.8 Å². The van der Waals surface area contributed by atoms with Crippen molar-refractivity contribution in [1.29, 1.82) is 0 Å². The van der Waals surface area contributed by atoms with E-state index in [-0.39, 0.29) is 5.56 Å². The molecule has 0 bridgehead atoms. The summed E-state index contributed by atoms with van der Waals surface area (Å²) in [6, 6.07) is 7.75. The largest absolute Gasteiger partial charge is 0.416 e. The predicted molar refractivity (Wildman–Crippen MR) is 96.7 cm³/mol. The molecule has 0 aliphatic heterocycles. The molecule has 27 heavy (non-hydrogen) atoms. The van der Waals surface area contributed by atoms with Crippen LogP contribution in [-0.2, 0) is 6.18 Å². The van der Waals surface area contributed by atoms with Gasteiger partial charge in [0.2, 0.25) is 0 Å². The number of amides is 2. The Hall–Kier alpha value is -2.71. The highest BCUT2D eigenvalue weighted by atomic mass is 35.5. The van der Waals surface area contributed by atoms with Gasteiger partial charge in [-0.2, -0.15) is 13.2 Å². The number of aromatic amines is 1. The van der Waals surface area contributed by atoms with Crippen molar-refractivity contribution in [3.8, 4) is 0 Å². The average Bonchev–Trinajstić information content (AvgIpc) is 3.08. The summed E-state index contributed by atoms with van der Waals surface area (Å²) >= 11 is 6.14. The normalized spacial score (nSPS) is 12.8. The lowest BCUT2D eigenvalue weighted by Gasteiger charge is -2.19. The van der Waals surface area contributed by atoms with Crippen LogP contribution >= 0.6 is 11.6 Å². The van der Waals surface area contributed by atoms with E-state index in [1.165, 1.54) is 12.1 Å². The minimum absolute atomic E-state index is 0.139. The summed E-state index contributed by atoms with van der Waals surface area (Å²) < 4.78 is 38.5. The summed E-state index contributed by atoms with van der Waals surface area (Å²) in [5.74, 6) is 0. The zero-order valence-electron chi connectivity index (χ0n) is 13.8. The fourth-order valence-electron chi connectivity index (χ4n) is 2.69. The van der Waals surface area contributed by atoms with Crippen molar-refractivity contribution in [1.82, 2.24) is 10.3 Å². The van der Waals surface area contributed by atoms with Crippen LogP contribution < -0.4 is 10.6 Å². The van der Waals surface area contributed by atoms with Crippen molar-refractivity contribution >= 4 is 34.2 Å². The van der Waals surface area contributed by atoms with E-state index in [0.29, 0.717) is 10.7 Å². The molecule has 1 aromatic heterocycles. The minimum atomic E-state index is -4.51. The Morgan fingerprint density at radius 2 is 2.00 bits per heavy atom. The van der Waals surface area contributed by atoms with Gasteiger partial charge >= 0.3 is 12.2 Å². The number of hydrogen-bond acceptors (Lipinski definition) is 2. The van der Waals surface area contributed by atoms with Crippen molar-refractivity contribution < 1.29 is 23.1 Å². The number of fused-ring (bicyclic) bond motifs is 1. The third-order valence-electron chi connectivity index (χ3n) is 3.98. The standard InChI is InChI=1S/C18H15ClF3N3O2/c19-14-7-12(8-15-13(14)4-5-23-15)24-17(27)25-16(9-26)10-2-1-3-11(6-10)18(20,21)22/h1-8,16,23,26H,9H2,(H2,24,25,27). The Balaban J connectivity index is 1.75. The quantitative estimate of drug-likeness (QED) is 0.515. The van der Waals surface area contributed by atoms with Gasteiger partial charge in [-0.3, -0.25) is 0 Å². The predicted octanol–water partition coefficient (Wildman–Crippen LogP) is 4.70. The molecular weight excluding hydrogens is 383 g/mol. The first-order chi connectivity index (χ1) is 12.8. The third-order valence-corrected chi connectivity index (χ3v) is 4.29. The van der Waals surface area contributed by atoms with E-state index in [0.717, 1.165) is 23.0 Å². The van der Waals surface area contributed by atoms with Crippen LogP contribution in [0.25, 0.3) is 10.9 Å². The number of aliphatic hydroxyl groups excluding tert-OH is 1. The molecule has 4 N–H and O–H groups in total. The minimum Gasteiger partial charge on any atom is -0.394 e. The maximum Gasteiger partial charge on any atom is 0.416 e. The van der Waals surface area contributed by atoms with Gasteiger partial charge in [-0.25, -0.2) is 4.79 Å². The molecule has 1 heterocycles. The number of carbonyl (C=O) groups is 1. The third kappa shape index (κ3) is 4.35. The zero-order valence-corrected chi connectivity index (χ0v) is 14.5. The Morgan fingerprint density at radius 3 is 2.70 bits per heavy atom. The van der Waals surface area contributed by atoms with Gasteiger partial charge in [0.05, 0.1) is 23.2 Å². The summed E-state index contributed by atoms with van der Waals surface area (Å²) in [5.41, 5.74) is 0.396. The smallest absolute Gasteiger partial charge is 0.394 e. The highest BCUT2D eigenvalue weighted by Crippen LogP contribution is 2.31. The van der Waals surface area contributed by atoms with Crippen molar-refractivity contribution in [3.05, 3.63) is 64.8 Å². The number of aliphatic hydroxyl groups is 1. The van der Waals surface area contributed by atoms with E-state index in [4.69, 9.17) is 11.6 Å². The first kappa shape index (κ1) is 19.1. The Morgan fingerprint density at radius 1 is 1.22 bits per heavy atom. The molecule has 1 unspecified atom stereocenters. The van der Waals surface area contributed by atoms with Crippen LogP contribution in [0.2, 0.25) is 5.02 Å². The molecule has 0 spiro atoms. The molecule has 0 aliphatic rings. The summed E-state index contributed by atoms with van der Waals surface area (Å²) in [4.78, 5) is 15.2. The fraction of sp³-hybridized carbons (Fsp3) is 0.167. The second kappa shape index (κ2) is 7.50. The molecule has 3 aromatic rings. The molecule has 0 saturated carbocycles. The Kier molecular flexibility index (Phi) is 5.29. The van der Waals surface area contributed by atoms with Crippen molar-refractivity contribution in [2.75, 3.05) is 11.9 Å². The molecule has 0 saturated heterocycles. The van der Waals surface area contributed by atoms with Crippen LogP contribution in [0.3, 0.4) is 0 Å². The number of aromatic nitrogens is 1. The maximum absolute atomic E-state index is 12.8. The van der Waals surface area contributed by atoms with Crippen LogP contribution in [-0.4, -0.2) is 22.7 Å². The van der Waals surface area contributed by atoms with E-state index in [2.05, 4.69) is 15.6 Å². The maximum atomic E-state index is 12.8. The van der Waals surface area contributed by atoms with Gasteiger partial charge in [-0.05, 0) is 35.9 Å². The number of nitrogens with one attached hydrogen (secondary N) is 3. The van der Waals surface area contributed by atoms with Gasteiger partial charge in [0.25, 0.3) is 0 Å². The van der Waals surface area contributed by atoms with E-state index in [1.807, 2.05) is 0 Å². The molecule has 3 rings (SSSR count). The van der Waals surface area contributed by atoms with Gasteiger partial charge in [-0.1, -0.05) is 23.7 Å². The lowest BCUT2D eigenvalue weighted by molar-refractivity contribution is -0.137. The van der Waals surface area contributed by atoms with Crippen LogP contribution in [0.5, 0.6) is 0 Å².